The van der Waals surface area contributed by atoms with Crippen LogP contribution in [0.4, 0.5) is 0 Å². The second-order valence-corrected chi connectivity index (χ2v) is 13.3. The van der Waals surface area contributed by atoms with Crippen LogP contribution in [-0.4, -0.2) is 206 Å². The van der Waals surface area contributed by atoms with Crippen molar-refractivity contribution < 1.29 is 271 Å². The number of quaternary nitrogens is 10. The molecule has 0 amide bonds. The minimum Gasteiger partial charge on any atom is -0.759 e. The maximum absolute atomic E-state index is 8.52. The Morgan fingerprint density at radius 2 is 0.194 bits per heavy atom. The topological polar surface area (TPSA) is 918 Å². The van der Waals surface area contributed by atoms with Crippen LogP contribution in [0.15, 0.2) is 0 Å². The minimum atomic E-state index is -5.17. The Morgan fingerprint density at radius 1 is 0.177 bits per heavy atom. The van der Waals surface area contributed by atoms with E-state index in [9.17, 15) is 0 Å². The normalized spacial score (nSPS) is 9.90. The van der Waals surface area contributed by atoms with Gasteiger partial charge in [-0.15, -0.1) is 0 Å². The molecule has 410 valence electrons. The molecule has 0 aromatic rings. The fraction of sp³-hybridized carbons (Fsp3) is 1.00. The van der Waals surface area contributed by atoms with Crippen LogP contribution in [-0.2, 0) is 83.2 Å². The van der Waals surface area contributed by atoms with E-state index in [0.29, 0.717) is 0 Å². The standard InChI is InChI=1S/5C2H8N2.2Lu.8H2O4S/c5*3-1-2-4;;;8*1-5(2,3)4/h5*1-4H2;;;8*(H2,1,2,3,4)/q;;;;;2*+3;;;;;;;;/p-6. The molecule has 0 aliphatic heterocycles. The van der Waals surface area contributed by atoms with E-state index in [1.54, 1.807) is 0 Å². The zero-order valence-electron chi connectivity index (χ0n) is 31.0. The molecule has 0 atom stereocenters. The first kappa shape index (κ1) is 105. The average molecular weight is 1430 g/mol. The SMILES string of the molecule is O=S(=O)([O-])[O-].O=S(=O)([O-])[O-].O=S(=O)([O-])[O-].O=S(=O)([O-])[O-].O=S(=O)([O-])[O-].O=S(=O)([O-])[O-].O=S(=O)([O-])[O-].O=S(=O)([O-])[O-].[Lu+3].[Lu+3].[NH3+]CC[NH3+].[NH3+]CC[NH3+].[NH3+]CC[NH3+].[NH3+]CC[NH3+].[NH3+]CC[NH3+]. The van der Waals surface area contributed by atoms with Crippen molar-refractivity contribution in [2.45, 2.75) is 0 Å². The molecule has 0 aliphatic rings. The van der Waals surface area contributed by atoms with Gasteiger partial charge in [-0.05, 0) is 0 Å². The third kappa shape index (κ3) is 6050. The van der Waals surface area contributed by atoms with E-state index in [4.69, 9.17) is 140 Å². The third-order valence-corrected chi connectivity index (χ3v) is 1.25. The molecule has 0 unspecified atom stereocenters. The number of hydrogen-bond acceptors (Lipinski definition) is 32. The van der Waals surface area contributed by atoms with Crippen molar-refractivity contribution in [1.82, 2.24) is 0 Å². The van der Waals surface area contributed by atoms with Gasteiger partial charge < -0.3 is 130 Å². The first-order valence-electron chi connectivity index (χ1n) is 12.8. The van der Waals surface area contributed by atoms with Gasteiger partial charge in [-0.2, -0.15) is 0 Å². The molecule has 62 heavy (non-hydrogen) atoms. The van der Waals surface area contributed by atoms with Crippen molar-refractivity contribution in [3.8, 4) is 0 Å². The molecule has 42 nitrogen and oxygen atoms in total. The average Bonchev–Trinajstić information content (AvgIpc) is 2.90. The van der Waals surface area contributed by atoms with Crippen molar-refractivity contribution in [1.29, 1.82) is 0 Å². The minimum absolute atomic E-state index is 0. The maximum Gasteiger partial charge on any atom is 3.00 e. The predicted octanol–water partition coefficient (Wildman–Crippen LogP) is -23.4. The van der Waals surface area contributed by atoms with E-state index < -0.39 is 83.2 Å². The summed E-state index contributed by atoms with van der Waals surface area (Å²) in [7, 11) is -41.3. The summed E-state index contributed by atoms with van der Waals surface area (Å²) < 4.78 is 273. The van der Waals surface area contributed by atoms with Crippen LogP contribution in [0.25, 0.3) is 0 Å². The molecule has 0 fully saturated rings. The van der Waals surface area contributed by atoms with Crippen LogP contribution < -0.4 is 57.3 Å². The molecule has 0 radical (unpaired) electrons. The molecule has 30 N–H and O–H groups in total. The Labute approximate surface area is 415 Å². The van der Waals surface area contributed by atoms with Gasteiger partial charge in [-0.25, -0.2) is 0 Å². The second kappa shape index (κ2) is 66.3. The van der Waals surface area contributed by atoms with E-state index in [1.807, 2.05) is 0 Å². The van der Waals surface area contributed by atoms with Gasteiger partial charge >= 0.3 is 73.7 Å². The smallest absolute Gasteiger partial charge is 0.759 e. The monoisotopic (exact) mass is 1430 g/mol. The van der Waals surface area contributed by atoms with Crippen molar-refractivity contribution >= 4 is 83.2 Å². The summed E-state index contributed by atoms with van der Waals surface area (Å²) >= 11 is 0. The van der Waals surface area contributed by atoms with Gasteiger partial charge in [0.15, 0.2) is 0 Å². The molecule has 0 spiro atoms. The van der Waals surface area contributed by atoms with E-state index in [0.717, 1.165) is 65.4 Å². The number of rotatable bonds is 5. The molecule has 0 aliphatic carbocycles. The van der Waals surface area contributed by atoms with E-state index in [-0.39, 0.29) is 73.7 Å². The van der Waals surface area contributed by atoms with Crippen molar-refractivity contribution in [2.75, 3.05) is 65.4 Å². The third-order valence-electron chi connectivity index (χ3n) is 1.25. The summed E-state index contributed by atoms with van der Waals surface area (Å²) in [5.74, 6) is 0. The van der Waals surface area contributed by atoms with Crippen LogP contribution >= 0.6 is 0 Å². The van der Waals surface area contributed by atoms with Gasteiger partial charge in [0.1, 0.15) is 65.4 Å². The number of hydrogen-bond donors (Lipinski definition) is 10. The van der Waals surface area contributed by atoms with E-state index in [1.165, 1.54) is 0 Å². The molecule has 52 heteroatoms. The summed E-state index contributed by atoms with van der Waals surface area (Å²) in [6.07, 6.45) is 0. The Hall–Kier alpha value is 1.03. The van der Waals surface area contributed by atoms with Gasteiger partial charge in [-0.3, -0.25) is 67.3 Å². The Balaban J connectivity index is -0.0000000296. The van der Waals surface area contributed by atoms with Crippen LogP contribution in [0.3, 0.4) is 0 Å². The Kier molecular flexibility index (Phi) is 112. The summed E-state index contributed by atoms with van der Waals surface area (Å²) in [4.78, 5) is 0. The zero-order valence-corrected chi connectivity index (χ0v) is 40.8. The molecule has 0 rings (SSSR count). The van der Waals surface area contributed by atoms with Gasteiger partial charge in [0, 0.05) is 83.2 Å². The molecule has 0 aromatic heterocycles. The largest absolute Gasteiger partial charge is 3.00 e. The van der Waals surface area contributed by atoms with E-state index >= 15 is 0 Å². The fourth-order valence-corrected chi connectivity index (χ4v) is 0. The van der Waals surface area contributed by atoms with Crippen molar-refractivity contribution in [3.63, 3.8) is 0 Å². The van der Waals surface area contributed by atoms with E-state index in [2.05, 4.69) is 57.3 Å². The van der Waals surface area contributed by atoms with Crippen LogP contribution in [0, 0.1) is 73.7 Å². The van der Waals surface area contributed by atoms with Gasteiger partial charge in [0.2, 0.25) is 0 Å². The molecular weight excluding hydrogens is 1380 g/mol. The molecule has 0 heterocycles. The summed E-state index contributed by atoms with van der Waals surface area (Å²) in [5, 5.41) is 0. The van der Waals surface area contributed by atoms with Crippen molar-refractivity contribution in [2.24, 2.45) is 0 Å². The molecule has 0 saturated heterocycles. The molecule has 0 bridgehead atoms. The Morgan fingerprint density at radius 3 is 0.194 bits per heavy atom. The molecule has 0 saturated carbocycles. The van der Waals surface area contributed by atoms with Crippen LogP contribution in [0.2, 0.25) is 0 Å². The quantitative estimate of drug-likeness (QED) is 0.0902. The molecule has 0 aromatic carbocycles. The summed E-state index contributed by atoms with van der Waals surface area (Å²) in [6.45, 7) is 9.58. The summed E-state index contributed by atoms with van der Waals surface area (Å²) in [6, 6.07) is 0. The fourth-order valence-electron chi connectivity index (χ4n) is 0. The van der Waals surface area contributed by atoms with Gasteiger partial charge in [0.25, 0.3) is 0 Å². The predicted molar refractivity (Wildman–Crippen MR) is 161 cm³/mol. The first-order chi connectivity index (χ1) is 25.6. The molecular formula is C10H50Lu2N10O32S8. The van der Waals surface area contributed by atoms with Gasteiger partial charge in [0.05, 0.1) is 0 Å². The van der Waals surface area contributed by atoms with Crippen LogP contribution in [0.1, 0.15) is 0 Å². The van der Waals surface area contributed by atoms with Crippen molar-refractivity contribution in [3.05, 3.63) is 0 Å². The first-order valence-corrected chi connectivity index (χ1v) is 23.5. The van der Waals surface area contributed by atoms with Gasteiger partial charge in [-0.1, -0.05) is 0 Å². The second-order valence-electron chi connectivity index (χ2n) is 6.80. The Bertz CT molecular complexity index is 1280. The van der Waals surface area contributed by atoms with Crippen LogP contribution in [0.5, 0.6) is 0 Å². The zero-order chi connectivity index (χ0) is 53.1. The summed E-state index contributed by atoms with van der Waals surface area (Å²) in [5.41, 5.74) is 35.4. The maximum atomic E-state index is 8.52.